The van der Waals surface area contributed by atoms with E-state index in [-0.39, 0.29) is 34.6 Å². The van der Waals surface area contributed by atoms with Gasteiger partial charge in [0, 0.05) is 38.5 Å². The molecule has 3 saturated heterocycles. The molecule has 238 valence electrons. The predicted molar refractivity (Wildman–Crippen MR) is 168 cm³/mol. The third-order valence-corrected chi connectivity index (χ3v) is 9.67. The van der Waals surface area contributed by atoms with Crippen LogP contribution < -0.4 is 9.64 Å². The number of ether oxygens (including phenoxy) is 3. The summed E-state index contributed by atoms with van der Waals surface area (Å²) in [6.45, 7) is 8.54. The summed E-state index contributed by atoms with van der Waals surface area (Å²) in [5.74, 6) is -0.0504. The van der Waals surface area contributed by atoms with Gasteiger partial charge in [-0.1, -0.05) is 19.9 Å². The standard InChI is InChI=1S/C34H39F2N5O4/c1-4-24-27(35)7-6-21-12-22(42)13-25(28(21)24)30-29(36)31-26(15-37-30)32(40-10-11-44-23(17-40)18-43-3)39-33(38-31)45-19-34-8-5-9-41(34)16-20(2)14-34/h6-7,12-13,15,20,23,42H,4-5,8-11,14,16-19H2,1-3H3/t20-,23-,34+/m1/s1. The first-order valence-corrected chi connectivity index (χ1v) is 15.8. The van der Waals surface area contributed by atoms with Crippen LogP contribution in [0, 0.1) is 17.6 Å². The molecule has 0 bridgehead atoms. The van der Waals surface area contributed by atoms with Gasteiger partial charge in [-0.15, -0.1) is 0 Å². The highest BCUT2D eigenvalue weighted by molar-refractivity contribution is 6.01. The molecule has 45 heavy (non-hydrogen) atoms. The van der Waals surface area contributed by atoms with Crippen molar-refractivity contribution in [2.24, 2.45) is 5.92 Å². The van der Waals surface area contributed by atoms with E-state index in [0.717, 1.165) is 32.4 Å². The van der Waals surface area contributed by atoms with Crippen molar-refractivity contribution in [1.82, 2.24) is 19.9 Å². The summed E-state index contributed by atoms with van der Waals surface area (Å²) in [7, 11) is 1.63. The average molecular weight is 620 g/mol. The molecule has 0 spiro atoms. The molecule has 0 radical (unpaired) electrons. The molecule has 0 amide bonds. The number of rotatable bonds is 8. The first kappa shape index (κ1) is 30.0. The Morgan fingerprint density at radius 3 is 2.84 bits per heavy atom. The Balaban J connectivity index is 1.36. The number of hydrogen-bond acceptors (Lipinski definition) is 9. The first-order chi connectivity index (χ1) is 21.8. The number of anilines is 1. The highest BCUT2D eigenvalue weighted by atomic mass is 19.1. The van der Waals surface area contributed by atoms with Crippen molar-refractivity contribution >= 4 is 27.5 Å². The van der Waals surface area contributed by atoms with Crippen LogP contribution in [0.1, 0.15) is 38.7 Å². The van der Waals surface area contributed by atoms with Crippen molar-refractivity contribution in [2.75, 3.05) is 58.0 Å². The summed E-state index contributed by atoms with van der Waals surface area (Å²) in [4.78, 5) is 18.6. The maximum atomic E-state index is 16.8. The van der Waals surface area contributed by atoms with Crippen LogP contribution in [0.2, 0.25) is 0 Å². The maximum Gasteiger partial charge on any atom is 0.319 e. The number of phenolic OH excluding ortho intramolecular Hbond substituents is 1. The Bertz CT molecular complexity index is 1750. The molecule has 4 aromatic rings. The number of aromatic nitrogens is 3. The highest BCUT2D eigenvalue weighted by Gasteiger charge is 2.47. The topological polar surface area (TPSA) is 93.1 Å². The summed E-state index contributed by atoms with van der Waals surface area (Å²) in [5.41, 5.74) is 0.698. The number of benzene rings is 2. The normalized spacial score (nSPS) is 23.7. The Hall–Kier alpha value is -3.67. The molecule has 0 unspecified atom stereocenters. The van der Waals surface area contributed by atoms with E-state index < -0.39 is 11.6 Å². The summed E-state index contributed by atoms with van der Waals surface area (Å²) < 4.78 is 49.4. The van der Waals surface area contributed by atoms with Crippen molar-refractivity contribution in [3.63, 3.8) is 0 Å². The van der Waals surface area contributed by atoms with Gasteiger partial charge in [0.05, 0.1) is 30.2 Å². The Morgan fingerprint density at radius 1 is 1.16 bits per heavy atom. The van der Waals surface area contributed by atoms with Gasteiger partial charge in [0.25, 0.3) is 0 Å². The number of pyridine rings is 1. The number of aryl methyl sites for hydroxylation is 1. The number of halogens is 2. The molecule has 2 aromatic carbocycles. The van der Waals surface area contributed by atoms with Crippen LogP contribution in [0.25, 0.3) is 32.9 Å². The van der Waals surface area contributed by atoms with Crippen molar-refractivity contribution in [1.29, 1.82) is 0 Å². The van der Waals surface area contributed by atoms with E-state index in [1.165, 1.54) is 12.1 Å². The van der Waals surface area contributed by atoms with Gasteiger partial charge in [0.15, 0.2) is 5.82 Å². The van der Waals surface area contributed by atoms with Crippen molar-refractivity contribution in [3.8, 4) is 23.0 Å². The number of morpholine rings is 1. The first-order valence-electron chi connectivity index (χ1n) is 15.8. The molecule has 1 N–H and O–H groups in total. The lowest BCUT2D eigenvalue weighted by atomic mass is 9.92. The minimum Gasteiger partial charge on any atom is -0.508 e. The fourth-order valence-corrected chi connectivity index (χ4v) is 7.77. The molecular weight excluding hydrogens is 580 g/mol. The van der Waals surface area contributed by atoms with E-state index in [0.29, 0.717) is 78.4 Å². The second-order valence-corrected chi connectivity index (χ2v) is 12.7. The Morgan fingerprint density at radius 2 is 2.02 bits per heavy atom. The second kappa shape index (κ2) is 11.9. The van der Waals surface area contributed by atoms with Gasteiger partial charge in [0.2, 0.25) is 0 Å². The summed E-state index contributed by atoms with van der Waals surface area (Å²) in [6.07, 6.45) is 4.97. The van der Waals surface area contributed by atoms with E-state index >= 15 is 4.39 Å². The summed E-state index contributed by atoms with van der Waals surface area (Å²) in [5, 5.41) is 12.1. The zero-order valence-electron chi connectivity index (χ0n) is 26.0. The number of hydrogen-bond donors (Lipinski definition) is 1. The minimum atomic E-state index is -0.684. The average Bonchev–Trinajstić information content (AvgIpc) is 3.56. The van der Waals surface area contributed by atoms with Crippen LogP contribution in [0.3, 0.4) is 0 Å². The van der Waals surface area contributed by atoms with E-state index in [4.69, 9.17) is 19.2 Å². The zero-order chi connectivity index (χ0) is 31.3. The number of fused-ring (bicyclic) bond motifs is 3. The van der Waals surface area contributed by atoms with E-state index in [9.17, 15) is 9.50 Å². The predicted octanol–water partition coefficient (Wildman–Crippen LogP) is 5.50. The lowest BCUT2D eigenvalue weighted by Gasteiger charge is -2.34. The molecule has 5 heterocycles. The molecule has 3 atom stereocenters. The van der Waals surface area contributed by atoms with Crippen LogP contribution in [0.4, 0.5) is 14.6 Å². The van der Waals surface area contributed by atoms with Gasteiger partial charge >= 0.3 is 6.01 Å². The third kappa shape index (κ3) is 5.34. The van der Waals surface area contributed by atoms with Gasteiger partial charge in [-0.3, -0.25) is 9.88 Å². The van der Waals surface area contributed by atoms with Crippen LogP contribution in [0.5, 0.6) is 11.8 Å². The van der Waals surface area contributed by atoms with Crippen molar-refractivity contribution < 1.29 is 28.1 Å². The molecule has 3 aliphatic rings. The molecule has 0 aliphatic carbocycles. The molecule has 11 heteroatoms. The van der Waals surface area contributed by atoms with Gasteiger partial charge in [-0.05, 0) is 72.7 Å². The largest absolute Gasteiger partial charge is 0.508 e. The molecular formula is C34H39F2N5O4. The lowest BCUT2D eigenvalue weighted by Crippen LogP contribution is -2.45. The third-order valence-electron chi connectivity index (χ3n) is 9.67. The van der Waals surface area contributed by atoms with Gasteiger partial charge in [0.1, 0.15) is 35.2 Å². The second-order valence-electron chi connectivity index (χ2n) is 12.7. The Labute approximate surface area is 261 Å². The van der Waals surface area contributed by atoms with Crippen molar-refractivity contribution in [2.45, 2.75) is 51.2 Å². The zero-order valence-corrected chi connectivity index (χ0v) is 26.0. The van der Waals surface area contributed by atoms with Crippen LogP contribution in [0.15, 0.2) is 30.5 Å². The van der Waals surface area contributed by atoms with E-state index in [1.807, 2.05) is 11.8 Å². The fourth-order valence-electron chi connectivity index (χ4n) is 7.77. The fraction of sp³-hybridized carbons (Fsp3) is 0.500. The van der Waals surface area contributed by atoms with Crippen LogP contribution >= 0.6 is 0 Å². The molecule has 0 saturated carbocycles. The molecule has 3 aliphatic heterocycles. The number of phenols is 1. The number of aromatic hydroxyl groups is 1. The minimum absolute atomic E-state index is 0.0243. The van der Waals surface area contributed by atoms with Gasteiger partial charge in [-0.2, -0.15) is 9.97 Å². The quantitative estimate of drug-likeness (QED) is 0.275. The summed E-state index contributed by atoms with van der Waals surface area (Å²) >= 11 is 0. The molecule has 2 aromatic heterocycles. The van der Waals surface area contributed by atoms with Gasteiger partial charge < -0.3 is 24.2 Å². The molecule has 3 fully saturated rings. The lowest BCUT2D eigenvalue weighted by molar-refractivity contribution is -0.0102. The summed E-state index contributed by atoms with van der Waals surface area (Å²) in [6, 6.07) is 6.04. The number of methoxy groups -OCH3 is 1. The molecule has 7 rings (SSSR count). The van der Waals surface area contributed by atoms with Crippen LogP contribution in [-0.2, 0) is 15.9 Å². The van der Waals surface area contributed by atoms with E-state index in [2.05, 4.69) is 21.8 Å². The highest BCUT2D eigenvalue weighted by Crippen LogP contribution is 2.42. The molecule has 9 nitrogen and oxygen atoms in total. The van der Waals surface area contributed by atoms with Gasteiger partial charge in [-0.25, -0.2) is 8.78 Å². The SMILES string of the molecule is CCc1c(F)ccc2cc(O)cc(-c3ncc4c(N5CCO[C@@H](COC)C5)nc(OC[C@@]56CCCN5C[C@H](C)C6)nc4c3F)c12. The van der Waals surface area contributed by atoms with E-state index in [1.54, 1.807) is 25.4 Å². The Kier molecular flexibility index (Phi) is 7.95. The van der Waals surface area contributed by atoms with Crippen LogP contribution in [-0.4, -0.2) is 89.7 Å². The number of nitrogens with zero attached hydrogens (tertiary/aromatic N) is 5. The maximum absolute atomic E-state index is 16.8. The monoisotopic (exact) mass is 619 g/mol. The van der Waals surface area contributed by atoms with Crippen molar-refractivity contribution in [3.05, 3.63) is 47.7 Å². The smallest absolute Gasteiger partial charge is 0.319 e.